The van der Waals surface area contributed by atoms with Crippen LogP contribution in [-0.4, -0.2) is 28.7 Å². The quantitative estimate of drug-likeness (QED) is 0.522. The number of carbonyl (C=O) groups is 1. The van der Waals surface area contributed by atoms with E-state index in [1.807, 2.05) is 27.5 Å². The van der Waals surface area contributed by atoms with Gasteiger partial charge in [-0.05, 0) is 53.1 Å². The predicted molar refractivity (Wildman–Crippen MR) is 81.5 cm³/mol. The average molecular weight is 426 g/mol. The zero-order chi connectivity index (χ0) is 13.3. The van der Waals surface area contributed by atoms with E-state index in [-0.39, 0.29) is 17.8 Å². The molecule has 2 nitrogen and oxygen atoms in total. The van der Waals surface area contributed by atoms with E-state index in [0.29, 0.717) is 15.1 Å². The summed E-state index contributed by atoms with van der Waals surface area (Å²) < 4.78 is 13.7. The molecule has 2 unspecified atom stereocenters. The first-order valence-corrected chi connectivity index (χ1v) is 8.06. The van der Waals surface area contributed by atoms with Crippen LogP contribution in [0.15, 0.2) is 18.2 Å². The van der Waals surface area contributed by atoms with Crippen LogP contribution in [0.25, 0.3) is 0 Å². The Morgan fingerprint density at radius 2 is 2.33 bits per heavy atom. The Hall–Kier alpha value is -0.170. The van der Waals surface area contributed by atoms with E-state index in [1.165, 1.54) is 12.1 Å². The Bertz CT molecular complexity index is 468. The van der Waals surface area contributed by atoms with Gasteiger partial charge in [0.1, 0.15) is 5.82 Å². The van der Waals surface area contributed by atoms with Gasteiger partial charge in [0.2, 0.25) is 0 Å². The van der Waals surface area contributed by atoms with Crippen LogP contribution in [0.2, 0.25) is 0 Å². The molecule has 1 aromatic rings. The summed E-state index contributed by atoms with van der Waals surface area (Å²) in [6, 6.07) is 4.56. The molecule has 1 aromatic carbocycles. The number of carbonyl (C=O) groups excluding carboxylic acids is 1. The van der Waals surface area contributed by atoms with Gasteiger partial charge < -0.3 is 4.90 Å². The molecule has 2 atom stereocenters. The van der Waals surface area contributed by atoms with Gasteiger partial charge in [-0.1, -0.05) is 22.9 Å². The smallest absolute Gasteiger partial charge is 0.255 e. The first-order valence-electron chi connectivity index (χ1n) is 5.86. The third kappa shape index (κ3) is 2.71. The lowest BCUT2D eigenvalue weighted by molar-refractivity contribution is 0.0737. The predicted octanol–water partition coefficient (Wildman–Crippen LogP) is 3.68. The van der Waals surface area contributed by atoms with E-state index in [9.17, 15) is 9.18 Å². The molecule has 0 spiro atoms. The Labute approximate surface area is 128 Å². The van der Waals surface area contributed by atoms with Crippen LogP contribution >= 0.6 is 38.5 Å². The third-order valence-corrected chi connectivity index (χ3v) is 5.02. The second kappa shape index (κ2) is 5.86. The van der Waals surface area contributed by atoms with E-state index in [0.717, 1.165) is 18.3 Å². The molecule has 0 bridgehead atoms. The van der Waals surface area contributed by atoms with Gasteiger partial charge in [0.25, 0.3) is 5.91 Å². The Morgan fingerprint density at radius 1 is 1.61 bits per heavy atom. The van der Waals surface area contributed by atoms with Crippen molar-refractivity contribution in [2.45, 2.75) is 19.4 Å². The summed E-state index contributed by atoms with van der Waals surface area (Å²) in [6.45, 7) is 2.94. The Kier molecular flexibility index (Phi) is 4.64. The van der Waals surface area contributed by atoms with Gasteiger partial charge in [-0.3, -0.25) is 4.79 Å². The maximum absolute atomic E-state index is 13.1. The van der Waals surface area contributed by atoms with Crippen LogP contribution in [0, 0.1) is 15.3 Å². The van der Waals surface area contributed by atoms with Crippen LogP contribution in [0.4, 0.5) is 4.39 Å². The van der Waals surface area contributed by atoms with Gasteiger partial charge in [0, 0.05) is 21.5 Å². The molecule has 0 N–H and O–H groups in total. The molecule has 1 saturated heterocycles. The minimum absolute atomic E-state index is 0.00759. The number of alkyl halides is 1. The van der Waals surface area contributed by atoms with E-state index < -0.39 is 0 Å². The van der Waals surface area contributed by atoms with E-state index in [4.69, 9.17) is 0 Å². The number of hydrogen-bond acceptors (Lipinski definition) is 1. The number of rotatable bonds is 2. The van der Waals surface area contributed by atoms with Crippen LogP contribution in [0.3, 0.4) is 0 Å². The lowest BCUT2D eigenvalue weighted by Gasteiger charge is -2.25. The number of amides is 1. The molecule has 1 aliphatic rings. The highest BCUT2D eigenvalue weighted by molar-refractivity contribution is 14.1. The molecule has 1 amide bonds. The van der Waals surface area contributed by atoms with Gasteiger partial charge in [-0.25, -0.2) is 4.39 Å². The fourth-order valence-corrected chi connectivity index (χ4v) is 4.01. The molecular weight excluding hydrogens is 412 g/mol. The summed E-state index contributed by atoms with van der Waals surface area (Å²) in [5.74, 6) is 0.211. The summed E-state index contributed by atoms with van der Waals surface area (Å²) in [5.41, 5.74) is 0.594. The highest BCUT2D eigenvalue weighted by Crippen LogP contribution is 2.28. The minimum Gasteiger partial charge on any atom is -0.335 e. The molecule has 1 fully saturated rings. The average Bonchev–Trinajstić information content (AvgIpc) is 2.69. The summed E-state index contributed by atoms with van der Waals surface area (Å²) in [5, 5.41) is 0.789. The van der Waals surface area contributed by atoms with Crippen molar-refractivity contribution < 1.29 is 9.18 Å². The van der Waals surface area contributed by atoms with Gasteiger partial charge >= 0.3 is 0 Å². The second-order valence-electron chi connectivity index (χ2n) is 4.61. The molecule has 1 heterocycles. The summed E-state index contributed by atoms with van der Waals surface area (Å²) in [7, 11) is 0. The number of likely N-dealkylation sites (tertiary alicyclic amines) is 1. The number of benzene rings is 1. The molecule has 0 saturated carbocycles. The van der Waals surface area contributed by atoms with Crippen molar-refractivity contribution in [3.63, 3.8) is 0 Å². The van der Waals surface area contributed by atoms with Gasteiger partial charge in [-0.2, -0.15) is 0 Å². The summed E-state index contributed by atoms with van der Waals surface area (Å²) in [6.07, 6.45) is 1.03. The van der Waals surface area contributed by atoms with Crippen molar-refractivity contribution in [2.24, 2.45) is 5.92 Å². The van der Waals surface area contributed by atoms with Crippen LogP contribution in [0.5, 0.6) is 0 Å². The first kappa shape index (κ1) is 14.2. The summed E-state index contributed by atoms with van der Waals surface area (Å²) >= 11 is 5.49. The zero-order valence-corrected chi connectivity index (χ0v) is 13.7. The molecule has 18 heavy (non-hydrogen) atoms. The van der Waals surface area contributed by atoms with Crippen molar-refractivity contribution in [1.29, 1.82) is 0 Å². The lowest BCUT2D eigenvalue weighted by Crippen LogP contribution is -2.38. The van der Waals surface area contributed by atoms with Crippen molar-refractivity contribution >= 4 is 44.4 Å². The fourth-order valence-electron chi connectivity index (χ4n) is 2.31. The maximum atomic E-state index is 13.1. The Morgan fingerprint density at radius 3 is 2.94 bits per heavy atom. The number of hydrogen-bond donors (Lipinski definition) is 0. The molecule has 0 aromatic heterocycles. The topological polar surface area (TPSA) is 20.3 Å². The van der Waals surface area contributed by atoms with Crippen molar-refractivity contribution in [3.8, 4) is 0 Å². The van der Waals surface area contributed by atoms with Crippen molar-refractivity contribution in [1.82, 2.24) is 4.90 Å². The molecule has 2 rings (SSSR count). The van der Waals surface area contributed by atoms with E-state index in [2.05, 4.69) is 22.9 Å². The first-order chi connectivity index (χ1) is 8.54. The van der Waals surface area contributed by atoms with Crippen LogP contribution < -0.4 is 0 Å². The third-order valence-electron chi connectivity index (χ3n) is 3.46. The molecule has 1 aliphatic heterocycles. The highest BCUT2D eigenvalue weighted by atomic mass is 127. The van der Waals surface area contributed by atoms with Gasteiger partial charge in [0.05, 0.1) is 5.56 Å². The molecule has 98 valence electrons. The highest BCUT2D eigenvalue weighted by Gasteiger charge is 2.34. The van der Waals surface area contributed by atoms with Crippen molar-refractivity contribution in [3.05, 3.63) is 33.1 Å². The minimum atomic E-state index is -0.303. The Balaban J connectivity index is 2.26. The van der Waals surface area contributed by atoms with Gasteiger partial charge in [0.15, 0.2) is 0 Å². The molecule has 5 heteroatoms. The van der Waals surface area contributed by atoms with Crippen LogP contribution in [-0.2, 0) is 0 Å². The molecule has 0 radical (unpaired) electrons. The number of nitrogens with zero attached hydrogens (tertiary/aromatic N) is 1. The monoisotopic (exact) mass is 425 g/mol. The largest absolute Gasteiger partial charge is 0.335 e. The van der Waals surface area contributed by atoms with Gasteiger partial charge in [-0.15, -0.1) is 0 Å². The second-order valence-corrected chi connectivity index (χ2v) is 6.42. The van der Waals surface area contributed by atoms with E-state index in [1.54, 1.807) is 6.07 Å². The standard InChI is InChI=1S/C13H14BrFINO/c1-8-4-5-17(12(8)7-14)13(18)10-3-2-9(15)6-11(10)16/h2-3,6,8,12H,4-5,7H2,1H3. The maximum Gasteiger partial charge on any atom is 0.255 e. The molecule has 0 aliphatic carbocycles. The molecular formula is C13H14BrFINO. The van der Waals surface area contributed by atoms with E-state index >= 15 is 0 Å². The zero-order valence-electron chi connectivity index (χ0n) is 10.00. The summed E-state index contributed by atoms with van der Waals surface area (Å²) in [4.78, 5) is 14.4. The number of halogens is 3. The fraction of sp³-hybridized carbons (Fsp3) is 0.462. The van der Waals surface area contributed by atoms with Crippen molar-refractivity contribution in [2.75, 3.05) is 11.9 Å². The SMILES string of the molecule is CC1CCN(C(=O)c2ccc(F)cc2I)C1CBr. The van der Waals surface area contributed by atoms with Crippen LogP contribution in [0.1, 0.15) is 23.7 Å². The normalized spacial score (nSPS) is 23.4. The lowest BCUT2D eigenvalue weighted by atomic mass is 10.0.